The van der Waals surface area contributed by atoms with Crippen LogP contribution in [-0.2, 0) is 7.05 Å². The number of rotatable bonds is 7. The van der Waals surface area contributed by atoms with E-state index in [1.54, 1.807) is 4.57 Å². The predicted molar refractivity (Wildman–Crippen MR) is 124 cm³/mol. The van der Waals surface area contributed by atoms with Crippen molar-refractivity contribution in [2.45, 2.75) is 47.5 Å². The molecule has 1 aromatic heterocycles. The van der Waals surface area contributed by atoms with E-state index in [1.165, 1.54) is 5.56 Å². The van der Waals surface area contributed by atoms with E-state index in [-0.39, 0.29) is 5.56 Å². The molecule has 0 saturated carbocycles. The second-order valence-electron chi connectivity index (χ2n) is 7.86. The van der Waals surface area contributed by atoms with E-state index in [9.17, 15) is 4.79 Å². The highest BCUT2D eigenvalue weighted by atomic mass is 16.1. The largest absolute Gasteiger partial charge is 0.370 e. The van der Waals surface area contributed by atoms with Crippen LogP contribution < -0.4 is 15.8 Å². The fourth-order valence-electron chi connectivity index (χ4n) is 4.11. The Hall–Kier alpha value is -2.82. The van der Waals surface area contributed by atoms with Crippen molar-refractivity contribution in [1.82, 2.24) is 9.55 Å². The van der Waals surface area contributed by atoms with Crippen LogP contribution in [0.25, 0.3) is 11.0 Å². The van der Waals surface area contributed by atoms with Gasteiger partial charge in [0.15, 0.2) is 5.82 Å². The van der Waals surface area contributed by atoms with Crippen molar-refractivity contribution >= 4 is 28.2 Å². The van der Waals surface area contributed by atoms with Crippen LogP contribution in [0.2, 0.25) is 0 Å². The zero-order valence-corrected chi connectivity index (χ0v) is 18.5. The Morgan fingerprint density at radius 3 is 2.24 bits per heavy atom. The number of nitrogens with one attached hydrogen (secondary N) is 1. The van der Waals surface area contributed by atoms with Crippen molar-refractivity contribution in [2.75, 3.05) is 23.3 Å². The molecule has 0 amide bonds. The molecule has 0 atom stereocenters. The molecule has 3 rings (SSSR count). The number of nitrogens with zero attached hydrogens (tertiary/aromatic N) is 3. The number of aryl methyl sites for hydroxylation is 4. The third kappa shape index (κ3) is 4.14. The SMILES string of the molecule is CCCN(CCC)c1cccc2nc(Nc3c(C)cc(C)cc3C)c(=O)n(C)c12. The summed E-state index contributed by atoms with van der Waals surface area (Å²) in [4.78, 5) is 20.3. The molecular weight excluding hydrogens is 360 g/mol. The maximum Gasteiger partial charge on any atom is 0.293 e. The maximum atomic E-state index is 13.2. The second kappa shape index (κ2) is 8.68. The van der Waals surface area contributed by atoms with E-state index in [0.717, 1.165) is 59.5 Å². The van der Waals surface area contributed by atoms with Crippen molar-refractivity contribution in [3.8, 4) is 0 Å². The molecule has 0 radical (unpaired) electrons. The number of para-hydroxylation sites is 1. The first-order valence-corrected chi connectivity index (χ1v) is 10.5. The van der Waals surface area contributed by atoms with Crippen LogP contribution >= 0.6 is 0 Å². The van der Waals surface area contributed by atoms with Gasteiger partial charge in [0.25, 0.3) is 5.56 Å². The summed E-state index contributed by atoms with van der Waals surface area (Å²) in [6.07, 6.45) is 2.12. The highest BCUT2D eigenvalue weighted by Crippen LogP contribution is 2.28. The van der Waals surface area contributed by atoms with Gasteiger partial charge in [-0.1, -0.05) is 37.6 Å². The van der Waals surface area contributed by atoms with Crippen LogP contribution in [0.4, 0.5) is 17.2 Å². The van der Waals surface area contributed by atoms with Crippen molar-refractivity contribution in [3.05, 3.63) is 57.4 Å². The fraction of sp³-hybridized carbons (Fsp3) is 0.417. The lowest BCUT2D eigenvalue weighted by molar-refractivity contribution is 0.743. The van der Waals surface area contributed by atoms with Crippen LogP contribution in [0, 0.1) is 20.8 Å². The van der Waals surface area contributed by atoms with Gasteiger partial charge in [0.2, 0.25) is 0 Å². The van der Waals surface area contributed by atoms with Crippen LogP contribution in [0.15, 0.2) is 35.1 Å². The first-order valence-electron chi connectivity index (χ1n) is 10.5. The Kier molecular flexibility index (Phi) is 6.26. The molecule has 0 aliphatic rings. The minimum Gasteiger partial charge on any atom is -0.370 e. The van der Waals surface area contributed by atoms with Crippen LogP contribution in [0.5, 0.6) is 0 Å². The van der Waals surface area contributed by atoms with Crippen molar-refractivity contribution in [1.29, 1.82) is 0 Å². The van der Waals surface area contributed by atoms with Crippen molar-refractivity contribution < 1.29 is 0 Å². The molecule has 2 aromatic carbocycles. The zero-order chi connectivity index (χ0) is 21.1. The quantitative estimate of drug-likeness (QED) is 0.598. The summed E-state index contributed by atoms with van der Waals surface area (Å²) in [5.41, 5.74) is 7.06. The molecule has 154 valence electrons. The van der Waals surface area contributed by atoms with E-state index in [4.69, 9.17) is 4.98 Å². The molecule has 0 aliphatic heterocycles. The summed E-state index contributed by atoms with van der Waals surface area (Å²) in [5.74, 6) is 0.365. The Morgan fingerprint density at radius 2 is 1.66 bits per heavy atom. The van der Waals surface area contributed by atoms with Crippen molar-refractivity contribution in [2.24, 2.45) is 7.05 Å². The summed E-state index contributed by atoms with van der Waals surface area (Å²) in [6, 6.07) is 10.3. The summed E-state index contributed by atoms with van der Waals surface area (Å²) in [7, 11) is 1.84. The van der Waals surface area contributed by atoms with E-state index in [2.05, 4.69) is 63.0 Å². The van der Waals surface area contributed by atoms with Crippen molar-refractivity contribution in [3.63, 3.8) is 0 Å². The van der Waals surface area contributed by atoms with E-state index in [1.807, 2.05) is 19.2 Å². The number of aromatic nitrogens is 2. The monoisotopic (exact) mass is 392 g/mol. The van der Waals surface area contributed by atoms with Crippen LogP contribution in [0.1, 0.15) is 43.4 Å². The van der Waals surface area contributed by atoms with Crippen LogP contribution in [-0.4, -0.2) is 22.6 Å². The highest BCUT2D eigenvalue weighted by Gasteiger charge is 2.16. The molecule has 0 fully saturated rings. The standard InChI is InChI=1S/C24H32N4O/c1-7-12-28(13-8-2)20-11-9-10-19-22(20)27(6)24(29)23(25-19)26-21-17(4)14-16(3)15-18(21)5/h9-11,14-15H,7-8,12-13H2,1-6H3,(H,25,26). The smallest absolute Gasteiger partial charge is 0.293 e. The first kappa shape index (κ1) is 20.9. The third-order valence-corrected chi connectivity index (χ3v) is 5.32. The molecular formula is C24H32N4O. The van der Waals surface area contributed by atoms with Gasteiger partial charge in [0.05, 0.1) is 16.7 Å². The molecule has 0 saturated heterocycles. The molecule has 0 aliphatic carbocycles. The Labute approximate surface area is 173 Å². The first-order chi connectivity index (χ1) is 13.9. The lowest BCUT2D eigenvalue weighted by atomic mass is 10.1. The van der Waals surface area contributed by atoms with Gasteiger partial charge in [0, 0.05) is 25.8 Å². The van der Waals surface area contributed by atoms with Gasteiger partial charge >= 0.3 is 0 Å². The maximum absolute atomic E-state index is 13.2. The summed E-state index contributed by atoms with van der Waals surface area (Å²) in [5, 5.41) is 3.31. The second-order valence-corrected chi connectivity index (χ2v) is 7.86. The van der Waals surface area contributed by atoms with Gasteiger partial charge in [-0.2, -0.15) is 0 Å². The summed E-state index contributed by atoms with van der Waals surface area (Å²) >= 11 is 0. The predicted octanol–water partition coefficient (Wildman–Crippen LogP) is 5.23. The molecule has 3 aromatic rings. The fourth-order valence-corrected chi connectivity index (χ4v) is 4.11. The molecule has 5 heteroatoms. The van der Waals surface area contributed by atoms with Gasteiger partial charge < -0.3 is 14.8 Å². The summed E-state index contributed by atoms with van der Waals surface area (Å²) in [6.45, 7) is 12.5. The van der Waals surface area contributed by atoms with Gasteiger partial charge in [-0.15, -0.1) is 0 Å². The summed E-state index contributed by atoms with van der Waals surface area (Å²) < 4.78 is 1.73. The lowest BCUT2D eigenvalue weighted by Gasteiger charge is -2.26. The number of fused-ring (bicyclic) bond motifs is 1. The molecule has 0 unspecified atom stereocenters. The highest BCUT2D eigenvalue weighted by molar-refractivity contribution is 5.90. The molecule has 1 N–H and O–H groups in total. The lowest BCUT2D eigenvalue weighted by Crippen LogP contribution is -2.28. The molecule has 1 heterocycles. The molecule has 0 bridgehead atoms. The van der Waals surface area contributed by atoms with E-state index in [0.29, 0.717) is 5.82 Å². The number of benzene rings is 2. The number of anilines is 3. The topological polar surface area (TPSA) is 50.2 Å². The average molecular weight is 393 g/mol. The Balaban J connectivity index is 2.14. The minimum absolute atomic E-state index is 0.114. The molecule has 0 spiro atoms. The Morgan fingerprint density at radius 1 is 1.03 bits per heavy atom. The number of hydrogen-bond donors (Lipinski definition) is 1. The number of hydrogen-bond acceptors (Lipinski definition) is 4. The van der Waals surface area contributed by atoms with E-state index >= 15 is 0 Å². The third-order valence-electron chi connectivity index (χ3n) is 5.32. The van der Waals surface area contributed by atoms with Gasteiger partial charge in [0.1, 0.15) is 0 Å². The normalized spacial score (nSPS) is 11.1. The zero-order valence-electron chi connectivity index (χ0n) is 18.5. The van der Waals surface area contributed by atoms with E-state index < -0.39 is 0 Å². The minimum atomic E-state index is -0.114. The Bertz CT molecular complexity index is 1060. The van der Waals surface area contributed by atoms with Gasteiger partial charge in [-0.3, -0.25) is 4.79 Å². The molecule has 5 nitrogen and oxygen atoms in total. The average Bonchev–Trinajstić information content (AvgIpc) is 2.67. The van der Waals surface area contributed by atoms with Gasteiger partial charge in [-0.25, -0.2) is 4.98 Å². The van der Waals surface area contributed by atoms with Gasteiger partial charge in [-0.05, 0) is 56.9 Å². The molecule has 29 heavy (non-hydrogen) atoms. The van der Waals surface area contributed by atoms with Crippen LogP contribution in [0.3, 0.4) is 0 Å².